The summed E-state index contributed by atoms with van der Waals surface area (Å²) in [4.78, 5) is 0. The lowest BCUT2D eigenvalue weighted by Crippen LogP contribution is -2.17. The predicted molar refractivity (Wildman–Crippen MR) is 53.9 cm³/mol. The fourth-order valence-corrected chi connectivity index (χ4v) is 2.21. The average molecular weight is 168 g/mol. The van der Waals surface area contributed by atoms with Crippen molar-refractivity contribution in [1.82, 2.24) is 0 Å². The molecule has 1 aliphatic rings. The van der Waals surface area contributed by atoms with Crippen LogP contribution in [0.5, 0.6) is 0 Å². The van der Waals surface area contributed by atoms with Gasteiger partial charge in [-0.1, -0.05) is 31.1 Å². The summed E-state index contributed by atoms with van der Waals surface area (Å²) in [7, 11) is 0. The molecule has 0 aromatic rings. The third-order valence-corrected chi connectivity index (χ3v) is 2.86. The average Bonchev–Trinajstić information content (AvgIpc) is 2.06. The summed E-state index contributed by atoms with van der Waals surface area (Å²) < 4.78 is 0. The first-order valence-corrected chi connectivity index (χ1v) is 4.92. The van der Waals surface area contributed by atoms with Crippen LogP contribution in [0.4, 0.5) is 0 Å². The van der Waals surface area contributed by atoms with E-state index in [9.17, 15) is 0 Å². The zero-order valence-corrected chi connectivity index (χ0v) is 7.78. The quantitative estimate of drug-likeness (QED) is 0.460. The van der Waals surface area contributed by atoms with Crippen LogP contribution in [-0.4, -0.2) is 5.37 Å². The van der Waals surface area contributed by atoms with E-state index in [4.69, 9.17) is 12.2 Å². The number of hydrogen-bond acceptors (Lipinski definition) is 1. The molecule has 0 aliphatic heterocycles. The predicted octanol–water partition coefficient (Wildman–Crippen LogP) is 3.37. The molecule has 0 aromatic heterocycles. The standard InChI is InChI=1S/C10H16S/c1-2-9-5-3-4-6-10(9)7-8-11/h2,8-10H,1,3-7H2. The SMILES string of the molecule is C=CC1CCCCC1CC=S. The summed E-state index contributed by atoms with van der Waals surface area (Å²) in [5, 5.41) is 1.88. The zero-order valence-electron chi connectivity index (χ0n) is 6.96. The molecule has 62 valence electrons. The number of hydrogen-bond donors (Lipinski definition) is 0. The Morgan fingerprint density at radius 1 is 1.36 bits per heavy atom. The van der Waals surface area contributed by atoms with Crippen LogP contribution < -0.4 is 0 Å². The second kappa shape index (κ2) is 4.66. The summed E-state index contributed by atoms with van der Waals surface area (Å²) in [6.07, 6.45) is 8.67. The van der Waals surface area contributed by atoms with Gasteiger partial charge in [-0.05, 0) is 36.5 Å². The van der Waals surface area contributed by atoms with Crippen molar-refractivity contribution >= 4 is 17.6 Å². The minimum Gasteiger partial charge on any atom is -0.103 e. The normalized spacial score (nSPS) is 31.3. The van der Waals surface area contributed by atoms with Crippen molar-refractivity contribution in [2.24, 2.45) is 11.8 Å². The summed E-state index contributed by atoms with van der Waals surface area (Å²) in [6.45, 7) is 3.87. The molecule has 1 fully saturated rings. The summed E-state index contributed by atoms with van der Waals surface area (Å²) in [5.41, 5.74) is 0. The number of allylic oxidation sites excluding steroid dienone is 1. The highest BCUT2D eigenvalue weighted by Gasteiger charge is 2.20. The lowest BCUT2D eigenvalue weighted by molar-refractivity contribution is 0.294. The molecule has 1 rings (SSSR count). The molecule has 0 bridgehead atoms. The van der Waals surface area contributed by atoms with Crippen LogP contribution in [0, 0.1) is 11.8 Å². The van der Waals surface area contributed by atoms with Gasteiger partial charge in [0, 0.05) is 0 Å². The van der Waals surface area contributed by atoms with Crippen LogP contribution in [-0.2, 0) is 0 Å². The topological polar surface area (TPSA) is 0 Å². The van der Waals surface area contributed by atoms with E-state index in [0.717, 1.165) is 18.3 Å². The Kier molecular flexibility index (Phi) is 3.78. The smallest absolute Gasteiger partial charge is 0.0205 e. The van der Waals surface area contributed by atoms with E-state index in [-0.39, 0.29) is 0 Å². The maximum Gasteiger partial charge on any atom is -0.0205 e. The highest BCUT2D eigenvalue weighted by molar-refractivity contribution is 7.78. The molecule has 11 heavy (non-hydrogen) atoms. The minimum absolute atomic E-state index is 0.739. The second-order valence-corrected chi connectivity index (χ2v) is 3.68. The van der Waals surface area contributed by atoms with Crippen molar-refractivity contribution in [3.05, 3.63) is 12.7 Å². The molecule has 2 atom stereocenters. The molecule has 0 amide bonds. The maximum absolute atomic E-state index is 4.87. The fourth-order valence-electron chi connectivity index (χ4n) is 1.96. The first-order valence-electron chi connectivity index (χ1n) is 4.44. The van der Waals surface area contributed by atoms with E-state index in [2.05, 4.69) is 12.7 Å². The summed E-state index contributed by atoms with van der Waals surface area (Å²) in [5.74, 6) is 1.54. The minimum atomic E-state index is 0.739. The van der Waals surface area contributed by atoms with Crippen LogP contribution in [0.1, 0.15) is 32.1 Å². The largest absolute Gasteiger partial charge is 0.103 e. The van der Waals surface area contributed by atoms with Gasteiger partial charge in [0.2, 0.25) is 0 Å². The van der Waals surface area contributed by atoms with Crippen molar-refractivity contribution in [1.29, 1.82) is 0 Å². The van der Waals surface area contributed by atoms with Gasteiger partial charge < -0.3 is 0 Å². The van der Waals surface area contributed by atoms with Gasteiger partial charge in [0.25, 0.3) is 0 Å². The van der Waals surface area contributed by atoms with E-state index in [1.54, 1.807) is 0 Å². The highest BCUT2D eigenvalue weighted by atomic mass is 32.1. The molecule has 0 aromatic carbocycles. The Labute approximate surface area is 74.7 Å². The first kappa shape index (κ1) is 8.92. The Hall–Kier alpha value is -0.170. The third-order valence-electron chi connectivity index (χ3n) is 2.67. The molecule has 0 nitrogen and oxygen atoms in total. The molecule has 0 saturated heterocycles. The van der Waals surface area contributed by atoms with Crippen molar-refractivity contribution in [3.63, 3.8) is 0 Å². The molecule has 1 heteroatoms. The van der Waals surface area contributed by atoms with Gasteiger partial charge in [-0.15, -0.1) is 6.58 Å². The van der Waals surface area contributed by atoms with Crippen LogP contribution >= 0.6 is 12.2 Å². The van der Waals surface area contributed by atoms with Crippen LogP contribution in [0.3, 0.4) is 0 Å². The van der Waals surface area contributed by atoms with E-state index < -0.39 is 0 Å². The molecule has 0 N–H and O–H groups in total. The number of rotatable bonds is 3. The second-order valence-electron chi connectivity index (χ2n) is 3.35. The van der Waals surface area contributed by atoms with Crippen LogP contribution in [0.15, 0.2) is 12.7 Å². The van der Waals surface area contributed by atoms with Crippen molar-refractivity contribution < 1.29 is 0 Å². The molecule has 0 radical (unpaired) electrons. The fraction of sp³-hybridized carbons (Fsp3) is 0.700. The van der Waals surface area contributed by atoms with Crippen molar-refractivity contribution in [2.75, 3.05) is 0 Å². The summed E-state index contributed by atoms with van der Waals surface area (Å²) >= 11 is 4.87. The molecule has 0 heterocycles. The van der Waals surface area contributed by atoms with Gasteiger partial charge in [-0.2, -0.15) is 0 Å². The Morgan fingerprint density at radius 3 is 2.73 bits per heavy atom. The molecule has 2 unspecified atom stereocenters. The molecule has 1 aliphatic carbocycles. The summed E-state index contributed by atoms with van der Waals surface area (Å²) in [6, 6.07) is 0. The van der Waals surface area contributed by atoms with E-state index in [0.29, 0.717) is 0 Å². The maximum atomic E-state index is 4.87. The van der Waals surface area contributed by atoms with Gasteiger partial charge in [0.1, 0.15) is 0 Å². The van der Waals surface area contributed by atoms with E-state index in [1.807, 2.05) is 5.37 Å². The first-order chi connectivity index (χ1) is 5.38. The molecule has 0 spiro atoms. The zero-order chi connectivity index (χ0) is 8.10. The van der Waals surface area contributed by atoms with E-state index >= 15 is 0 Å². The molecular weight excluding hydrogens is 152 g/mol. The Balaban J connectivity index is 2.43. The van der Waals surface area contributed by atoms with Gasteiger partial charge in [-0.25, -0.2) is 0 Å². The lowest BCUT2D eigenvalue weighted by Gasteiger charge is -2.27. The Morgan fingerprint density at radius 2 is 2.09 bits per heavy atom. The Bertz CT molecular complexity index is 140. The molecular formula is C10H16S. The van der Waals surface area contributed by atoms with Gasteiger partial charge in [-0.3, -0.25) is 0 Å². The van der Waals surface area contributed by atoms with Crippen molar-refractivity contribution in [2.45, 2.75) is 32.1 Å². The molecule has 1 saturated carbocycles. The van der Waals surface area contributed by atoms with Gasteiger partial charge in [0.15, 0.2) is 0 Å². The van der Waals surface area contributed by atoms with E-state index in [1.165, 1.54) is 25.7 Å². The number of thiocarbonyl (C=S) groups is 1. The van der Waals surface area contributed by atoms with Gasteiger partial charge >= 0.3 is 0 Å². The lowest BCUT2D eigenvalue weighted by atomic mass is 9.78. The highest BCUT2D eigenvalue weighted by Crippen LogP contribution is 2.32. The van der Waals surface area contributed by atoms with Crippen LogP contribution in [0.2, 0.25) is 0 Å². The van der Waals surface area contributed by atoms with Crippen molar-refractivity contribution in [3.8, 4) is 0 Å². The van der Waals surface area contributed by atoms with Crippen LogP contribution in [0.25, 0.3) is 0 Å². The van der Waals surface area contributed by atoms with Gasteiger partial charge in [0.05, 0.1) is 0 Å². The third kappa shape index (κ3) is 2.41. The monoisotopic (exact) mass is 168 g/mol.